The van der Waals surface area contributed by atoms with Crippen LogP contribution in [0, 0.1) is 5.92 Å². The van der Waals surface area contributed by atoms with Gasteiger partial charge in [-0.05, 0) is 12.5 Å². The second-order valence-electron chi connectivity index (χ2n) is 3.39. The van der Waals surface area contributed by atoms with Gasteiger partial charge in [-0.1, -0.05) is 12.1 Å². The first-order valence-electron chi connectivity index (χ1n) is 4.76. The average molecular weight is 199 g/mol. The molecule has 2 N–H and O–H groups in total. The summed E-state index contributed by atoms with van der Waals surface area (Å²) in [5.41, 5.74) is 5.50. The molecule has 1 aromatic rings. The Morgan fingerprint density at radius 2 is 2.36 bits per heavy atom. The molecular weight excluding hydrogens is 182 g/mol. The number of methoxy groups -OCH3 is 1. The molecule has 0 aromatic carbocycles. The number of rotatable bonds is 6. The van der Waals surface area contributed by atoms with Gasteiger partial charge in [0.05, 0.1) is 6.61 Å². The molecule has 0 saturated carbocycles. The summed E-state index contributed by atoms with van der Waals surface area (Å²) in [6, 6.07) is 0. The summed E-state index contributed by atoms with van der Waals surface area (Å²) in [6.07, 6.45) is 1.44. The molecule has 80 valence electrons. The first-order chi connectivity index (χ1) is 6.76. The molecule has 0 fully saturated rings. The lowest BCUT2D eigenvalue weighted by atomic mass is 10.1. The van der Waals surface area contributed by atoms with E-state index in [2.05, 4.69) is 17.1 Å². The SMILES string of the molecule is COCCc1noc(CC(C)CN)n1. The van der Waals surface area contributed by atoms with Crippen LogP contribution in [0.15, 0.2) is 4.52 Å². The van der Waals surface area contributed by atoms with Crippen LogP contribution in [0.5, 0.6) is 0 Å². The average Bonchev–Trinajstić information content (AvgIpc) is 2.62. The minimum Gasteiger partial charge on any atom is -0.384 e. The molecule has 0 spiro atoms. The van der Waals surface area contributed by atoms with Gasteiger partial charge in [0, 0.05) is 20.0 Å². The third-order valence-electron chi connectivity index (χ3n) is 1.97. The van der Waals surface area contributed by atoms with Crippen molar-refractivity contribution in [2.45, 2.75) is 19.8 Å². The van der Waals surface area contributed by atoms with Crippen LogP contribution in [0.3, 0.4) is 0 Å². The van der Waals surface area contributed by atoms with E-state index >= 15 is 0 Å². The van der Waals surface area contributed by atoms with Crippen LogP contribution >= 0.6 is 0 Å². The molecule has 0 aliphatic heterocycles. The molecule has 14 heavy (non-hydrogen) atoms. The van der Waals surface area contributed by atoms with E-state index in [4.69, 9.17) is 15.0 Å². The second kappa shape index (κ2) is 5.72. The normalized spacial score (nSPS) is 13.1. The Hall–Kier alpha value is -0.940. The van der Waals surface area contributed by atoms with Crippen LogP contribution in [0.2, 0.25) is 0 Å². The summed E-state index contributed by atoms with van der Waals surface area (Å²) in [7, 11) is 1.65. The van der Waals surface area contributed by atoms with Crippen molar-refractivity contribution in [3.05, 3.63) is 11.7 Å². The molecule has 0 saturated heterocycles. The molecule has 0 aliphatic rings. The lowest BCUT2D eigenvalue weighted by molar-refractivity contribution is 0.199. The highest BCUT2D eigenvalue weighted by Crippen LogP contribution is 2.05. The van der Waals surface area contributed by atoms with Crippen molar-refractivity contribution in [1.82, 2.24) is 10.1 Å². The molecule has 0 bridgehead atoms. The van der Waals surface area contributed by atoms with E-state index in [9.17, 15) is 0 Å². The van der Waals surface area contributed by atoms with Gasteiger partial charge in [-0.3, -0.25) is 0 Å². The zero-order valence-corrected chi connectivity index (χ0v) is 8.69. The molecule has 5 heteroatoms. The van der Waals surface area contributed by atoms with Crippen molar-refractivity contribution in [1.29, 1.82) is 0 Å². The topological polar surface area (TPSA) is 74.2 Å². The van der Waals surface area contributed by atoms with Crippen LogP contribution in [-0.4, -0.2) is 30.4 Å². The van der Waals surface area contributed by atoms with Gasteiger partial charge >= 0.3 is 0 Å². The Labute approximate surface area is 83.6 Å². The maximum atomic E-state index is 5.50. The summed E-state index contributed by atoms with van der Waals surface area (Å²) in [6.45, 7) is 3.31. The van der Waals surface area contributed by atoms with E-state index in [-0.39, 0.29) is 0 Å². The first kappa shape index (κ1) is 11.1. The van der Waals surface area contributed by atoms with Gasteiger partial charge in [0.15, 0.2) is 5.82 Å². The second-order valence-corrected chi connectivity index (χ2v) is 3.39. The molecule has 5 nitrogen and oxygen atoms in total. The first-order valence-corrected chi connectivity index (χ1v) is 4.76. The van der Waals surface area contributed by atoms with Gasteiger partial charge < -0.3 is 15.0 Å². The van der Waals surface area contributed by atoms with Crippen LogP contribution in [0.1, 0.15) is 18.6 Å². The number of hydrogen-bond donors (Lipinski definition) is 1. The van der Waals surface area contributed by atoms with Crippen molar-refractivity contribution in [2.24, 2.45) is 11.7 Å². The van der Waals surface area contributed by atoms with Crippen LogP contribution in [0.4, 0.5) is 0 Å². The Morgan fingerprint density at radius 3 is 3.00 bits per heavy atom. The van der Waals surface area contributed by atoms with Crippen LogP contribution in [0.25, 0.3) is 0 Å². The fraction of sp³-hybridized carbons (Fsp3) is 0.778. The smallest absolute Gasteiger partial charge is 0.226 e. The van der Waals surface area contributed by atoms with Crippen molar-refractivity contribution in [2.75, 3.05) is 20.3 Å². The highest BCUT2D eigenvalue weighted by atomic mass is 16.5. The van der Waals surface area contributed by atoms with Gasteiger partial charge in [-0.15, -0.1) is 0 Å². The van der Waals surface area contributed by atoms with Crippen LogP contribution < -0.4 is 5.73 Å². The largest absolute Gasteiger partial charge is 0.384 e. The molecule has 1 rings (SSSR count). The molecule has 1 unspecified atom stereocenters. The van der Waals surface area contributed by atoms with E-state index in [0.717, 1.165) is 6.42 Å². The number of ether oxygens (including phenoxy) is 1. The maximum absolute atomic E-state index is 5.50. The summed E-state index contributed by atoms with van der Waals surface area (Å²) in [4.78, 5) is 4.22. The third kappa shape index (κ3) is 3.43. The van der Waals surface area contributed by atoms with Gasteiger partial charge in [0.25, 0.3) is 0 Å². The Morgan fingerprint density at radius 1 is 1.57 bits per heavy atom. The number of nitrogens with two attached hydrogens (primary N) is 1. The molecule has 0 amide bonds. The fourth-order valence-electron chi connectivity index (χ4n) is 1.05. The lowest BCUT2D eigenvalue weighted by Crippen LogP contribution is -2.13. The molecule has 1 aromatic heterocycles. The number of hydrogen-bond acceptors (Lipinski definition) is 5. The van der Waals surface area contributed by atoms with Gasteiger partial charge in [0.1, 0.15) is 0 Å². The predicted molar refractivity (Wildman–Crippen MR) is 51.8 cm³/mol. The van der Waals surface area contributed by atoms with E-state index in [0.29, 0.717) is 37.2 Å². The monoisotopic (exact) mass is 199 g/mol. The molecule has 0 aliphatic carbocycles. The maximum Gasteiger partial charge on any atom is 0.226 e. The van der Waals surface area contributed by atoms with Crippen molar-refractivity contribution in [3.8, 4) is 0 Å². The van der Waals surface area contributed by atoms with Gasteiger partial charge in [-0.25, -0.2) is 0 Å². The molecule has 1 heterocycles. The summed E-state index contributed by atoms with van der Waals surface area (Å²) >= 11 is 0. The van der Waals surface area contributed by atoms with Crippen LogP contribution in [-0.2, 0) is 17.6 Å². The summed E-state index contributed by atoms with van der Waals surface area (Å²) in [5.74, 6) is 1.74. The minimum atomic E-state index is 0.380. The van der Waals surface area contributed by atoms with E-state index in [1.807, 2.05) is 0 Å². The molecule has 0 radical (unpaired) electrons. The summed E-state index contributed by atoms with van der Waals surface area (Å²) < 4.78 is 9.98. The minimum absolute atomic E-state index is 0.380. The fourth-order valence-corrected chi connectivity index (χ4v) is 1.05. The number of aromatic nitrogens is 2. The van der Waals surface area contributed by atoms with Gasteiger partial charge in [-0.2, -0.15) is 4.98 Å². The van der Waals surface area contributed by atoms with Crippen molar-refractivity contribution in [3.63, 3.8) is 0 Å². The highest BCUT2D eigenvalue weighted by Gasteiger charge is 2.09. The zero-order valence-electron chi connectivity index (χ0n) is 8.69. The highest BCUT2D eigenvalue weighted by molar-refractivity contribution is 4.87. The Kier molecular flexibility index (Phi) is 4.55. The quantitative estimate of drug-likeness (QED) is 0.717. The standard InChI is InChI=1S/C9H17N3O2/c1-7(6-10)5-9-11-8(12-14-9)3-4-13-2/h7H,3-6,10H2,1-2H3. The van der Waals surface area contributed by atoms with E-state index in [1.54, 1.807) is 7.11 Å². The van der Waals surface area contributed by atoms with Crippen molar-refractivity contribution < 1.29 is 9.26 Å². The Balaban J connectivity index is 2.42. The number of nitrogens with zero attached hydrogens (tertiary/aromatic N) is 2. The zero-order chi connectivity index (χ0) is 10.4. The van der Waals surface area contributed by atoms with E-state index < -0.39 is 0 Å². The molecular formula is C9H17N3O2. The summed E-state index contributed by atoms with van der Waals surface area (Å²) in [5, 5.41) is 3.83. The Bertz CT molecular complexity index is 262. The molecule has 1 atom stereocenters. The van der Waals surface area contributed by atoms with E-state index in [1.165, 1.54) is 0 Å². The lowest BCUT2D eigenvalue weighted by Gasteiger charge is -2.01. The van der Waals surface area contributed by atoms with Crippen molar-refractivity contribution >= 4 is 0 Å². The predicted octanol–water partition coefficient (Wildman–Crippen LogP) is 0.396. The third-order valence-corrected chi connectivity index (χ3v) is 1.97. The van der Waals surface area contributed by atoms with Gasteiger partial charge in [0.2, 0.25) is 5.89 Å².